The van der Waals surface area contributed by atoms with Crippen molar-refractivity contribution in [2.45, 2.75) is 58.4 Å². The van der Waals surface area contributed by atoms with E-state index in [4.69, 9.17) is 0 Å². The smallest absolute Gasteiger partial charge is 0.220 e. The molecule has 0 aromatic rings. The quantitative estimate of drug-likeness (QED) is 0.609. The van der Waals surface area contributed by atoms with E-state index in [9.17, 15) is 4.79 Å². The third-order valence-corrected chi connectivity index (χ3v) is 4.40. The summed E-state index contributed by atoms with van der Waals surface area (Å²) in [5.41, 5.74) is 0. The number of carbonyl (C=O) groups is 1. The number of nitrogens with one attached hydrogen (secondary N) is 1. The molecule has 1 aliphatic rings. The molecule has 3 atom stereocenters. The maximum absolute atomic E-state index is 11.7. The van der Waals surface area contributed by atoms with Gasteiger partial charge in [0.15, 0.2) is 0 Å². The molecule has 3 heteroatoms. The molecule has 1 rings (SSSR count). The van der Waals surface area contributed by atoms with E-state index in [1.165, 1.54) is 12.8 Å². The molecule has 1 fully saturated rings. The molecule has 16 heavy (non-hydrogen) atoms. The Morgan fingerprint density at radius 2 is 2.06 bits per heavy atom. The predicted molar refractivity (Wildman–Crippen MR) is 71.8 cm³/mol. The molecule has 2 nitrogen and oxygen atoms in total. The highest BCUT2D eigenvalue weighted by Crippen LogP contribution is 2.29. The van der Waals surface area contributed by atoms with E-state index in [0.717, 1.165) is 30.5 Å². The van der Waals surface area contributed by atoms with Crippen molar-refractivity contribution in [1.29, 1.82) is 0 Å². The Hall–Kier alpha value is -0.0500. The van der Waals surface area contributed by atoms with Crippen LogP contribution in [0.2, 0.25) is 0 Å². The second-order valence-electron chi connectivity index (χ2n) is 5.09. The van der Waals surface area contributed by atoms with Crippen molar-refractivity contribution in [3.8, 4) is 0 Å². The minimum atomic E-state index is 0.243. The number of carbonyl (C=O) groups excluding carboxylic acids is 1. The van der Waals surface area contributed by atoms with Crippen LogP contribution in [0.15, 0.2) is 0 Å². The van der Waals surface area contributed by atoms with Crippen LogP contribution >= 0.6 is 15.9 Å². The third kappa shape index (κ3) is 4.44. The van der Waals surface area contributed by atoms with Gasteiger partial charge in [0.1, 0.15) is 0 Å². The number of alkyl halides is 1. The third-order valence-electron chi connectivity index (χ3n) is 3.84. The van der Waals surface area contributed by atoms with Gasteiger partial charge >= 0.3 is 0 Å². The Morgan fingerprint density at radius 1 is 1.31 bits per heavy atom. The van der Waals surface area contributed by atoms with Crippen LogP contribution in [-0.4, -0.2) is 17.3 Å². The minimum Gasteiger partial charge on any atom is -0.353 e. The highest BCUT2D eigenvalue weighted by Gasteiger charge is 2.27. The van der Waals surface area contributed by atoms with Crippen LogP contribution in [0.4, 0.5) is 0 Å². The van der Waals surface area contributed by atoms with E-state index in [2.05, 4.69) is 35.1 Å². The molecule has 1 saturated carbocycles. The van der Waals surface area contributed by atoms with Gasteiger partial charge in [0, 0.05) is 17.8 Å². The lowest BCUT2D eigenvalue weighted by atomic mass is 9.78. The molecule has 3 unspecified atom stereocenters. The van der Waals surface area contributed by atoms with Gasteiger partial charge in [-0.15, -0.1) is 0 Å². The molecule has 0 radical (unpaired) electrons. The molecule has 94 valence electrons. The van der Waals surface area contributed by atoms with Gasteiger partial charge in [0.2, 0.25) is 5.91 Å². The van der Waals surface area contributed by atoms with E-state index in [1.807, 2.05) is 0 Å². The first-order valence-corrected chi connectivity index (χ1v) is 7.62. The Labute approximate surface area is 108 Å². The fourth-order valence-electron chi connectivity index (χ4n) is 2.44. The zero-order valence-corrected chi connectivity index (χ0v) is 12.1. The molecular formula is C13H24BrNO. The Morgan fingerprint density at radius 3 is 2.75 bits per heavy atom. The summed E-state index contributed by atoms with van der Waals surface area (Å²) in [6.07, 6.45) is 6.51. The first-order valence-electron chi connectivity index (χ1n) is 6.50. The summed E-state index contributed by atoms with van der Waals surface area (Å²) in [5.74, 6) is 1.63. The predicted octanol–water partition coefficient (Wildman–Crippen LogP) is 3.49. The van der Waals surface area contributed by atoms with Crippen LogP contribution in [0.3, 0.4) is 0 Å². The highest BCUT2D eigenvalue weighted by atomic mass is 79.9. The number of halogens is 1. The molecule has 0 aromatic carbocycles. The van der Waals surface area contributed by atoms with Gasteiger partial charge in [0.05, 0.1) is 0 Å². The second-order valence-corrected chi connectivity index (χ2v) is 5.88. The van der Waals surface area contributed by atoms with Gasteiger partial charge in [-0.3, -0.25) is 4.79 Å². The second kappa shape index (κ2) is 7.31. The van der Waals surface area contributed by atoms with Crippen molar-refractivity contribution < 1.29 is 4.79 Å². The first-order chi connectivity index (χ1) is 7.65. The number of unbranched alkanes of at least 4 members (excludes halogenated alkanes) is 1. The molecule has 0 heterocycles. The summed E-state index contributed by atoms with van der Waals surface area (Å²) in [4.78, 5) is 11.7. The van der Waals surface area contributed by atoms with E-state index < -0.39 is 0 Å². The van der Waals surface area contributed by atoms with Crippen LogP contribution in [0.1, 0.15) is 52.4 Å². The molecule has 0 aromatic heterocycles. The number of hydrogen-bond donors (Lipinski definition) is 1. The zero-order valence-electron chi connectivity index (χ0n) is 10.5. The summed E-state index contributed by atoms with van der Waals surface area (Å²) in [5, 5.41) is 4.20. The lowest BCUT2D eigenvalue weighted by molar-refractivity contribution is -0.122. The zero-order chi connectivity index (χ0) is 12.0. The van der Waals surface area contributed by atoms with Crippen molar-refractivity contribution >= 4 is 21.8 Å². The summed E-state index contributed by atoms with van der Waals surface area (Å²) in [6, 6.07) is 0.417. The van der Waals surface area contributed by atoms with Crippen LogP contribution < -0.4 is 5.32 Å². The van der Waals surface area contributed by atoms with Crippen molar-refractivity contribution in [3.05, 3.63) is 0 Å². The maximum atomic E-state index is 11.7. The first kappa shape index (κ1) is 14.0. The van der Waals surface area contributed by atoms with Crippen molar-refractivity contribution in [1.82, 2.24) is 5.32 Å². The molecule has 1 N–H and O–H groups in total. The molecule has 0 saturated heterocycles. The van der Waals surface area contributed by atoms with Crippen LogP contribution in [0.25, 0.3) is 0 Å². The molecule has 0 aliphatic heterocycles. The topological polar surface area (TPSA) is 29.1 Å². The van der Waals surface area contributed by atoms with E-state index in [-0.39, 0.29) is 5.91 Å². The summed E-state index contributed by atoms with van der Waals surface area (Å²) in [7, 11) is 0. The molecule has 1 aliphatic carbocycles. The average molecular weight is 290 g/mol. The standard InChI is InChI=1S/C13H24BrNO/c1-10-6-5-7-12(11(10)2)15-13(16)8-3-4-9-14/h10-12H,3-9H2,1-2H3,(H,15,16). The molecular weight excluding hydrogens is 266 g/mol. The van der Waals surface area contributed by atoms with E-state index in [0.29, 0.717) is 18.4 Å². The fourth-order valence-corrected chi connectivity index (χ4v) is 2.84. The van der Waals surface area contributed by atoms with Crippen molar-refractivity contribution in [2.75, 3.05) is 5.33 Å². The SMILES string of the molecule is CC1CCCC(NC(=O)CCCCBr)C1C. The average Bonchev–Trinajstić information content (AvgIpc) is 2.25. The number of rotatable bonds is 5. The number of amides is 1. The van der Waals surface area contributed by atoms with Crippen molar-refractivity contribution in [3.63, 3.8) is 0 Å². The van der Waals surface area contributed by atoms with E-state index in [1.54, 1.807) is 0 Å². The maximum Gasteiger partial charge on any atom is 0.220 e. The normalized spacial score (nSPS) is 30.1. The van der Waals surface area contributed by atoms with Crippen LogP contribution in [-0.2, 0) is 4.79 Å². The lowest BCUT2D eigenvalue weighted by Gasteiger charge is -2.34. The Balaban J connectivity index is 2.26. The monoisotopic (exact) mass is 289 g/mol. The van der Waals surface area contributed by atoms with Gasteiger partial charge in [0.25, 0.3) is 0 Å². The molecule has 0 bridgehead atoms. The van der Waals surface area contributed by atoms with Gasteiger partial charge in [-0.2, -0.15) is 0 Å². The van der Waals surface area contributed by atoms with Gasteiger partial charge < -0.3 is 5.32 Å². The van der Waals surface area contributed by atoms with Gasteiger partial charge in [-0.05, 0) is 31.1 Å². The van der Waals surface area contributed by atoms with E-state index >= 15 is 0 Å². The lowest BCUT2D eigenvalue weighted by Crippen LogP contribution is -2.43. The Kier molecular flexibility index (Phi) is 6.40. The highest BCUT2D eigenvalue weighted by molar-refractivity contribution is 9.09. The molecule has 0 spiro atoms. The largest absolute Gasteiger partial charge is 0.353 e. The minimum absolute atomic E-state index is 0.243. The van der Waals surface area contributed by atoms with Gasteiger partial charge in [-0.1, -0.05) is 42.6 Å². The Bertz CT molecular complexity index is 220. The van der Waals surface area contributed by atoms with Crippen LogP contribution in [0.5, 0.6) is 0 Å². The number of hydrogen-bond acceptors (Lipinski definition) is 1. The molecule has 1 amide bonds. The fraction of sp³-hybridized carbons (Fsp3) is 0.923. The van der Waals surface area contributed by atoms with Crippen molar-refractivity contribution in [2.24, 2.45) is 11.8 Å². The van der Waals surface area contributed by atoms with Crippen LogP contribution in [0, 0.1) is 11.8 Å². The summed E-state index contributed by atoms with van der Waals surface area (Å²) >= 11 is 3.38. The van der Waals surface area contributed by atoms with Gasteiger partial charge in [-0.25, -0.2) is 0 Å². The summed E-state index contributed by atoms with van der Waals surface area (Å²) in [6.45, 7) is 4.57. The summed E-state index contributed by atoms with van der Waals surface area (Å²) < 4.78 is 0.